The lowest BCUT2D eigenvalue weighted by atomic mass is 9.39. The van der Waals surface area contributed by atoms with E-state index in [1.807, 2.05) is 27.7 Å². The van der Waals surface area contributed by atoms with E-state index in [9.17, 15) is 24.6 Å². The number of allylic oxidation sites excluding steroid dienone is 3. The van der Waals surface area contributed by atoms with Gasteiger partial charge in [-0.15, -0.1) is 0 Å². The lowest BCUT2D eigenvalue weighted by molar-refractivity contribution is -0.163. The van der Waals surface area contributed by atoms with Crippen molar-refractivity contribution in [3.8, 4) is 0 Å². The minimum Gasteiger partial charge on any atom is -0.490 e. The van der Waals surface area contributed by atoms with Crippen LogP contribution in [0.5, 0.6) is 0 Å². The Morgan fingerprint density at radius 3 is 2.31 bits per heavy atom. The van der Waals surface area contributed by atoms with Gasteiger partial charge in [0.15, 0.2) is 22.8 Å². The maximum absolute atomic E-state index is 15.0. The SMILES string of the molecule is C=C(C)C(O)CC1=C2O[C@@H](C(C)(C)O)C[C@]23C[C@@H](CC=C(C)C)C(C)(C)[C@](C(=O)c2ccccc2)(C1=O)C3=O. The predicted octanol–water partition coefficient (Wildman–Crippen LogP) is 5.54. The van der Waals surface area contributed by atoms with E-state index in [4.69, 9.17) is 4.74 Å². The number of carbonyl (C=O) groups excluding carboxylic acids is 3. The van der Waals surface area contributed by atoms with Crippen molar-refractivity contribution in [2.45, 2.75) is 92.0 Å². The average Bonchev–Trinajstić information content (AvgIpc) is 3.24. The molecular weight excluding hydrogens is 492 g/mol. The summed E-state index contributed by atoms with van der Waals surface area (Å²) in [6.07, 6.45) is 1.30. The van der Waals surface area contributed by atoms with Gasteiger partial charge in [0.2, 0.25) is 0 Å². The summed E-state index contributed by atoms with van der Waals surface area (Å²) in [5, 5.41) is 21.8. The van der Waals surface area contributed by atoms with Crippen LogP contribution in [-0.2, 0) is 14.3 Å². The van der Waals surface area contributed by atoms with Crippen molar-refractivity contribution in [3.63, 3.8) is 0 Å². The Labute approximate surface area is 231 Å². The Balaban J connectivity index is 2.07. The number of aliphatic hydroxyl groups is 2. The van der Waals surface area contributed by atoms with E-state index in [1.165, 1.54) is 0 Å². The molecule has 1 spiro atoms. The molecule has 0 aromatic heterocycles. The zero-order valence-electron chi connectivity index (χ0n) is 24.3. The molecule has 1 saturated carbocycles. The van der Waals surface area contributed by atoms with Gasteiger partial charge < -0.3 is 14.9 Å². The second-order valence-electron chi connectivity index (χ2n) is 13.2. The summed E-state index contributed by atoms with van der Waals surface area (Å²) in [4.78, 5) is 44.4. The molecule has 1 saturated heterocycles. The topological polar surface area (TPSA) is 101 Å². The van der Waals surface area contributed by atoms with Crippen LogP contribution in [0.1, 0.15) is 84.5 Å². The molecule has 2 N–H and O–H groups in total. The van der Waals surface area contributed by atoms with Gasteiger partial charge in [-0.2, -0.15) is 0 Å². The molecule has 1 heterocycles. The van der Waals surface area contributed by atoms with E-state index < -0.39 is 51.4 Å². The first-order chi connectivity index (χ1) is 18.0. The Morgan fingerprint density at radius 2 is 1.77 bits per heavy atom. The van der Waals surface area contributed by atoms with Crippen LogP contribution >= 0.6 is 0 Å². The van der Waals surface area contributed by atoms with Crippen LogP contribution in [0.3, 0.4) is 0 Å². The fraction of sp³-hybridized carbons (Fsp3) is 0.545. The number of benzene rings is 1. The van der Waals surface area contributed by atoms with E-state index in [0.29, 0.717) is 24.0 Å². The van der Waals surface area contributed by atoms with Gasteiger partial charge in [-0.3, -0.25) is 14.4 Å². The van der Waals surface area contributed by atoms with Crippen molar-refractivity contribution in [2.75, 3.05) is 0 Å². The molecule has 2 bridgehead atoms. The molecule has 1 aromatic rings. The molecule has 0 radical (unpaired) electrons. The van der Waals surface area contributed by atoms with Crippen LogP contribution in [0.15, 0.2) is 65.5 Å². The highest BCUT2D eigenvalue weighted by atomic mass is 16.5. The minimum absolute atomic E-state index is 0.115. The second-order valence-corrected chi connectivity index (χ2v) is 13.2. The van der Waals surface area contributed by atoms with E-state index in [2.05, 4.69) is 12.7 Å². The molecule has 6 nitrogen and oxygen atoms in total. The molecule has 1 aromatic carbocycles. The van der Waals surface area contributed by atoms with Gasteiger partial charge in [-0.05, 0) is 58.8 Å². The van der Waals surface area contributed by atoms with Gasteiger partial charge in [-0.25, -0.2) is 0 Å². The van der Waals surface area contributed by atoms with Crippen molar-refractivity contribution < 1.29 is 29.3 Å². The highest BCUT2D eigenvalue weighted by Crippen LogP contribution is 2.69. The Hall–Kier alpha value is -2.83. The number of hydrogen-bond donors (Lipinski definition) is 2. The third-order valence-electron chi connectivity index (χ3n) is 9.42. The van der Waals surface area contributed by atoms with Gasteiger partial charge in [0.1, 0.15) is 11.9 Å². The molecule has 1 unspecified atom stereocenters. The average molecular weight is 535 g/mol. The molecule has 210 valence electrons. The van der Waals surface area contributed by atoms with Crippen LogP contribution in [0.25, 0.3) is 0 Å². The molecule has 6 heteroatoms. The minimum atomic E-state index is -2.00. The summed E-state index contributed by atoms with van der Waals surface area (Å²) in [6, 6.07) is 8.53. The lowest BCUT2D eigenvalue weighted by Gasteiger charge is -2.58. The standard InChI is InChI=1S/C33H42O6/c1-19(2)14-15-22-17-32-18-25(31(7,8)38)39-28(32)23(16-24(34)20(3)4)27(36)33(29(32)37,30(22,5)6)26(35)21-12-10-9-11-13-21/h9-14,22,24-25,34,38H,3,15-18H2,1-2,4-8H3/t22-,24?,25-,32-,33-/m1/s1. The molecule has 2 aliphatic carbocycles. The van der Waals surface area contributed by atoms with E-state index in [-0.39, 0.29) is 30.1 Å². The molecule has 4 rings (SSSR count). The van der Waals surface area contributed by atoms with Crippen LogP contribution in [0.4, 0.5) is 0 Å². The third-order valence-corrected chi connectivity index (χ3v) is 9.42. The number of aliphatic hydroxyl groups excluding tert-OH is 1. The van der Waals surface area contributed by atoms with Crippen molar-refractivity contribution >= 4 is 17.3 Å². The molecule has 39 heavy (non-hydrogen) atoms. The molecule has 3 aliphatic rings. The second kappa shape index (κ2) is 9.67. The summed E-state index contributed by atoms with van der Waals surface area (Å²) in [6.45, 7) is 16.5. The van der Waals surface area contributed by atoms with Gasteiger partial charge in [0.25, 0.3) is 0 Å². The monoisotopic (exact) mass is 534 g/mol. The summed E-state index contributed by atoms with van der Waals surface area (Å²) in [5.74, 6) is -1.54. The van der Waals surface area contributed by atoms with Crippen molar-refractivity contribution in [1.29, 1.82) is 0 Å². The molecule has 0 amide bonds. The number of fused-ring (bicyclic) bond motifs is 1. The van der Waals surface area contributed by atoms with Crippen molar-refractivity contribution in [3.05, 3.63) is 71.0 Å². The summed E-state index contributed by atoms with van der Waals surface area (Å²) < 4.78 is 6.33. The van der Waals surface area contributed by atoms with Crippen LogP contribution < -0.4 is 0 Å². The number of hydrogen-bond acceptors (Lipinski definition) is 6. The first-order valence-corrected chi connectivity index (χ1v) is 13.8. The van der Waals surface area contributed by atoms with Crippen molar-refractivity contribution in [2.24, 2.45) is 22.2 Å². The van der Waals surface area contributed by atoms with Gasteiger partial charge >= 0.3 is 0 Å². The number of ketones is 3. The van der Waals surface area contributed by atoms with E-state index >= 15 is 0 Å². The van der Waals surface area contributed by atoms with Crippen LogP contribution in [0.2, 0.25) is 0 Å². The summed E-state index contributed by atoms with van der Waals surface area (Å²) in [5.41, 5.74) is -3.56. The van der Waals surface area contributed by atoms with Gasteiger partial charge in [-0.1, -0.05) is 68.0 Å². The highest BCUT2D eigenvalue weighted by Gasteiger charge is 2.77. The van der Waals surface area contributed by atoms with Crippen LogP contribution in [-0.4, -0.2) is 45.4 Å². The lowest BCUT2D eigenvalue weighted by Crippen LogP contribution is -2.69. The number of carbonyl (C=O) groups is 3. The first kappa shape index (κ1) is 29.2. The quantitative estimate of drug-likeness (QED) is 0.258. The number of Topliss-reactive ketones (excluding diaryl/α,β-unsaturated/α-hetero) is 3. The third kappa shape index (κ3) is 4.27. The van der Waals surface area contributed by atoms with Crippen LogP contribution in [0, 0.1) is 22.2 Å². The van der Waals surface area contributed by atoms with E-state index in [0.717, 1.165) is 5.57 Å². The zero-order chi connectivity index (χ0) is 29.1. The summed E-state index contributed by atoms with van der Waals surface area (Å²) >= 11 is 0. The largest absolute Gasteiger partial charge is 0.490 e. The fourth-order valence-electron chi connectivity index (χ4n) is 6.90. The van der Waals surface area contributed by atoms with Crippen molar-refractivity contribution in [1.82, 2.24) is 0 Å². The zero-order valence-corrected chi connectivity index (χ0v) is 24.3. The fourth-order valence-corrected chi connectivity index (χ4v) is 6.90. The van der Waals surface area contributed by atoms with Gasteiger partial charge in [0.05, 0.1) is 17.1 Å². The Morgan fingerprint density at radius 1 is 1.15 bits per heavy atom. The summed E-state index contributed by atoms with van der Waals surface area (Å²) in [7, 11) is 0. The highest BCUT2D eigenvalue weighted by molar-refractivity contribution is 6.36. The number of rotatable bonds is 8. The Kier molecular flexibility index (Phi) is 7.23. The number of ether oxygens (including phenoxy) is 1. The molecular formula is C33H42O6. The Bertz CT molecular complexity index is 1270. The van der Waals surface area contributed by atoms with Gasteiger partial charge in [0, 0.05) is 24.0 Å². The molecule has 5 atom stereocenters. The smallest absolute Gasteiger partial charge is 0.184 e. The van der Waals surface area contributed by atoms with E-state index in [1.54, 1.807) is 51.1 Å². The maximum Gasteiger partial charge on any atom is 0.184 e. The maximum atomic E-state index is 15.0. The predicted molar refractivity (Wildman–Crippen MR) is 150 cm³/mol. The molecule has 1 aliphatic heterocycles. The first-order valence-electron chi connectivity index (χ1n) is 13.8. The molecule has 2 fully saturated rings. The normalized spacial score (nSPS) is 30.4.